The Morgan fingerprint density at radius 1 is 0.808 bits per heavy atom. The molecular formula is C11H21Br6NO5S2Si. The van der Waals surface area contributed by atoms with Crippen molar-refractivity contribution in [3.8, 4) is 0 Å². The summed E-state index contributed by atoms with van der Waals surface area (Å²) in [5, 5.41) is 6.46. The lowest BCUT2D eigenvalue weighted by atomic mass is 10.5. The third kappa shape index (κ3) is 5.78. The summed E-state index contributed by atoms with van der Waals surface area (Å²) in [7, 11) is -12.3. The molecule has 0 aromatic heterocycles. The molecule has 0 unspecified atom stereocenters. The molecule has 0 atom stereocenters. The molecule has 0 radical (unpaired) electrons. The van der Waals surface area contributed by atoms with Gasteiger partial charge < -0.3 is 9.83 Å². The van der Waals surface area contributed by atoms with Crippen molar-refractivity contribution in [2.24, 2.45) is 5.40 Å². The average Bonchev–Trinajstić information content (AvgIpc) is 2.42. The van der Waals surface area contributed by atoms with E-state index >= 15 is 0 Å². The highest BCUT2D eigenvalue weighted by Crippen LogP contribution is 2.55. The number of sulfone groups is 2. The summed E-state index contributed by atoms with van der Waals surface area (Å²) in [4.78, 5) is 0. The fourth-order valence-corrected chi connectivity index (χ4v) is 17.2. The third-order valence-corrected chi connectivity index (χ3v) is 19.9. The van der Waals surface area contributed by atoms with Crippen molar-refractivity contribution >= 4 is 124 Å². The number of halogens is 6. The van der Waals surface area contributed by atoms with E-state index in [1.54, 1.807) is 0 Å². The largest absolute Gasteiger partial charge is 0.372 e. The second-order valence-electron chi connectivity index (χ2n) is 5.60. The van der Waals surface area contributed by atoms with Gasteiger partial charge in [0.05, 0.1) is 0 Å². The minimum Gasteiger partial charge on any atom is -0.372 e. The van der Waals surface area contributed by atoms with Crippen LogP contribution in [0, 0.1) is 0 Å². The van der Waals surface area contributed by atoms with Crippen LogP contribution >= 0.6 is 95.6 Å². The van der Waals surface area contributed by atoms with Crippen molar-refractivity contribution in [3.05, 3.63) is 0 Å². The smallest absolute Gasteiger partial charge is 0.269 e. The van der Waals surface area contributed by atoms with Crippen LogP contribution in [0.1, 0.15) is 40.0 Å². The topological polar surface area (TPSA) is 104 Å². The number of alkyl halides is 6. The molecule has 0 bridgehead atoms. The molecule has 0 aliphatic rings. The summed E-state index contributed by atoms with van der Waals surface area (Å²) in [5.74, 6) is 0. The lowest BCUT2D eigenvalue weighted by Gasteiger charge is -2.42. The van der Waals surface area contributed by atoms with Crippen LogP contribution in [0.2, 0.25) is 12.1 Å². The minimum atomic E-state index is -4.56. The number of rotatable bonds is 9. The Labute approximate surface area is 207 Å². The van der Waals surface area contributed by atoms with Crippen molar-refractivity contribution < 1.29 is 21.3 Å². The van der Waals surface area contributed by atoms with E-state index in [1.165, 1.54) is 6.92 Å². The highest BCUT2D eigenvalue weighted by Gasteiger charge is 2.68. The van der Waals surface area contributed by atoms with Crippen molar-refractivity contribution in [1.82, 2.24) is 0 Å². The van der Waals surface area contributed by atoms with Crippen LogP contribution in [-0.2, 0) is 24.1 Å². The van der Waals surface area contributed by atoms with E-state index in [9.17, 15) is 16.8 Å². The van der Waals surface area contributed by atoms with Gasteiger partial charge in [-0.3, -0.25) is 0 Å². The van der Waals surface area contributed by atoms with E-state index in [1.807, 2.05) is 13.8 Å². The van der Waals surface area contributed by atoms with Crippen molar-refractivity contribution in [3.63, 3.8) is 0 Å². The quantitative estimate of drug-likeness (QED) is 0.237. The van der Waals surface area contributed by atoms with Crippen LogP contribution in [0.4, 0.5) is 0 Å². The zero-order chi connectivity index (χ0) is 21.2. The fraction of sp³-hybridized carbons (Fsp3) is 1.00. The molecule has 2 N–H and O–H groups in total. The lowest BCUT2D eigenvalue weighted by molar-refractivity contribution is 0.207. The summed E-state index contributed by atoms with van der Waals surface area (Å²) in [6, 6.07) is 0.848. The summed E-state index contributed by atoms with van der Waals surface area (Å²) in [6.07, 6.45) is 0.922. The first-order valence-electron chi connectivity index (χ1n) is 7.50. The Morgan fingerprint density at radius 2 is 1.12 bits per heavy atom. The molecular weight excluding hydrogens is 798 g/mol. The van der Waals surface area contributed by atoms with Gasteiger partial charge in [-0.25, -0.2) is 16.8 Å². The van der Waals surface area contributed by atoms with Gasteiger partial charge in [-0.2, -0.15) is 0 Å². The predicted octanol–water partition coefficient (Wildman–Crippen LogP) is 5.71. The Bertz CT molecular complexity index is 639. The molecule has 0 spiro atoms. The van der Waals surface area contributed by atoms with Crippen LogP contribution < -0.4 is 5.40 Å². The lowest BCUT2D eigenvalue weighted by Crippen LogP contribution is -2.64. The Kier molecular flexibility index (Phi) is 11.2. The maximum Gasteiger partial charge on any atom is 0.269 e. The average molecular weight is 819 g/mol. The summed E-state index contributed by atoms with van der Waals surface area (Å²) in [5.41, 5.74) is 0. The first-order valence-corrected chi connectivity index (χ1v) is 17.6. The van der Waals surface area contributed by atoms with E-state index < -0.39 is 35.4 Å². The van der Waals surface area contributed by atoms with Gasteiger partial charge in [0, 0.05) is 6.42 Å². The Morgan fingerprint density at radius 3 is 1.31 bits per heavy atom. The molecule has 0 saturated carbocycles. The number of hydrogen-bond donors (Lipinski definition) is 1. The van der Waals surface area contributed by atoms with Gasteiger partial charge in [-0.1, -0.05) is 33.6 Å². The first kappa shape index (κ1) is 28.9. The molecule has 0 aromatic carbocycles. The Hall–Kier alpha value is 2.92. The molecule has 158 valence electrons. The van der Waals surface area contributed by atoms with Gasteiger partial charge >= 0.3 is 0 Å². The summed E-state index contributed by atoms with van der Waals surface area (Å²) in [6.45, 7) is 5.20. The van der Waals surface area contributed by atoms with Crippen LogP contribution in [0.3, 0.4) is 0 Å². The van der Waals surface area contributed by atoms with Crippen molar-refractivity contribution in [1.29, 1.82) is 0 Å². The molecule has 0 aliphatic carbocycles. The van der Waals surface area contributed by atoms with E-state index in [0.29, 0.717) is 24.9 Å². The standard InChI is InChI=1S/C11H21Br6NO5S2Si/c1-4-7-26(18,8-5-2)23-9(6-3,24(19,20)10(12,13)14)25(21,22)11(15,16)17/h4-8,18H2,1-3H3. The molecule has 0 saturated heterocycles. The fourth-order valence-electron chi connectivity index (χ4n) is 2.44. The van der Waals surface area contributed by atoms with Gasteiger partial charge in [-0.05, 0) is 108 Å². The summed E-state index contributed by atoms with van der Waals surface area (Å²) < 4.78 is 52.9. The second-order valence-corrected chi connectivity index (χ2v) is 30.4. The second kappa shape index (κ2) is 10.0. The zero-order valence-corrected chi connectivity index (χ0v) is 26.4. The summed E-state index contributed by atoms with van der Waals surface area (Å²) >= 11 is 17.7. The number of nitrogens with two attached hydrogens (primary N) is 1. The van der Waals surface area contributed by atoms with Gasteiger partial charge in [0.25, 0.3) is 12.7 Å². The van der Waals surface area contributed by atoms with E-state index in [-0.39, 0.29) is 6.42 Å². The van der Waals surface area contributed by atoms with Crippen molar-refractivity contribution in [2.75, 3.05) is 0 Å². The maximum atomic E-state index is 13.3. The molecule has 0 aromatic rings. The predicted molar refractivity (Wildman–Crippen MR) is 131 cm³/mol. The third-order valence-electron chi connectivity index (χ3n) is 3.57. The van der Waals surface area contributed by atoms with Crippen molar-refractivity contribution in [2.45, 2.75) is 59.3 Å². The monoisotopic (exact) mass is 813 g/mol. The molecule has 0 amide bonds. The minimum absolute atomic E-state index is 0.369. The van der Waals surface area contributed by atoms with Gasteiger partial charge in [0.2, 0.25) is 22.6 Å². The van der Waals surface area contributed by atoms with Crippen LogP contribution in [0.15, 0.2) is 0 Å². The molecule has 6 nitrogen and oxygen atoms in total. The highest BCUT2D eigenvalue weighted by atomic mass is 80.0. The molecule has 0 fully saturated rings. The molecule has 0 rings (SSSR count). The number of hydrogen-bond acceptors (Lipinski definition) is 6. The van der Waals surface area contributed by atoms with Gasteiger partial charge in [-0.15, -0.1) is 0 Å². The highest BCUT2D eigenvalue weighted by molar-refractivity contribution is 9.43. The van der Waals surface area contributed by atoms with E-state index in [2.05, 4.69) is 95.6 Å². The van der Waals surface area contributed by atoms with E-state index in [4.69, 9.17) is 9.83 Å². The van der Waals surface area contributed by atoms with Gasteiger partial charge in [0.15, 0.2) is 0 Å². The van der Waals surface area contributed by atoms with Crippen LogP contribution in [-0.4, -0.2) is 32.5 Å². The Balaban J connectivity index is 6.95. The maximum absolute atomic E-state index is 13.3. The molecule has 0 heterocycles. The molecule has 26 heavy (non-hydrogen) atoms. The first-order chi connectivity index (χ1) is 11.4. The van der Waals surface area contributed by atoms with Gasteiger partial charge in [0.1, 0.15) is 0 Å². The molecule has 0 aliphatic heterocycles. The van der Waals surface area contributed by atoms with E-state index in [0.717, 1.165) is 0 Å². The normalized spacial score (nSPS) is 15.3. The zero-order valence-electron chi connectivity index (χ0n) is 14.2. The SMILES string of the molecule is CCC[Si](N)(CCC)OC(CC)(S(=O)(=O)C(Br)(Br)Br)S(=O)(=O)C(Br)(Br)Br. The molecule has 15 heteroatoms. The van der Waals surface area contributed by atoms with Crippen LogP contribution in [0.5, 0.6) is 0 Å². The van der Waals surface area contributed by atoms with Crippen LogP contribution in [0.25, 0.3) is 0 Å².